The van der Waals surface area contributed by atoms with E-state index >= 15 is 0 Å². The van der Waals surface area contributed by atoms with E-state index < -0.39 is 33.3 Å². The predicted octanol–water partition coefficient (Wildman–Crippen LogP) is -1.25. The molecule has 7 heteroatoms. The van der Waals surface area contributed by atoms with Crippen molar-refractivity contribution in [2.45, 2.75) is 0 Å². The number of sulfone groups is 1. The van der Waals surface area contributed by atoms with Crippen LogP contribution in [0, 0.1) is 0 Å². The molecule has 0 aromatic carbocycles. The van der Waals surface area contributed by atoms with Gasteiger partial charge in [-0.1, -0.05) is 0 Å². The van der Waals surface area contributed by atoms with Gasteiger partial charge in [0.15, 0.2) is 9.84 Å². The molecule has 0 aliphatic rings. The van der Waals surface area contributed by atoms with Crippen molar-refractivity contribution in [2.75, 3.05) is 25.7 Å². The Morgan fingerprint density at radius 2 is 1.31 bits per heavy atom. The van der Waals surface area contributed by atoms with Crippen LogP contribution in [0.25, 0.3) is 0 Å². The molecule has 0 heterocycles. The van der Waals surface area contributed by atoms with Crippen LogP contribution in [0.3, 0.4) is 0 Å². The van der Waals surface area contributed by atoms with Crippen LogP contribution in [0.1, 0.15) is 0 Å². The number of methoxy groups -OCH3 is 2. The van der Waals surface area contributed by atoms with Crippen molar-refractivity contribution in [3.8, 4) is 0 Å². The van der Waals surface area contributed by atoms with E-state index in [0.717, 1.165) is 14.2 Å². The topological polar surface area (TPSA) is 86.7 Å². The molecule has 0 aliphatic heterocycles. The molecule has 0 fully saturated rings. The summed E-state index contributed by atoms with van der Waals surface area (Å²) in [7, 11) is -1.62. The maximum absolute atomic E-state index is 11.0. The fraction of sp³-hybridized carbons (Fsp3) is 0.667. The van der Waals surface area contributed by atoms with E-state index in [4.69, 9.17) is 0 Å². The molecular formula is C6H10O6S. The van der Waals surface area contributed by atoms with Crippen molar-refractivity contribution >= 4 is 21.8 Å². The summed E-state index contributed by atoms with van der Waals surface area (Å²) in [5.74, 6) is -3.41. The van der Waals surface area contributed by atoms with Crippen LogP contribution in [0.5, 0.6) is 0 Å². The lowest BCUT2D eigenvalue weighted by Crippen LogP contribution is -2.24. The van der Waals surface area contributed by atoms with Crippen molar-refractivity contribution in [3.63, 3.8) is 0 Å². The summed E-state index contributed by atoms with van der Waals surface area (Å²) in [4.78, 5) is 21.1. The van der Waals surface area contributed by atoms with E-state index in [2.05, 4.69) is 9.47 Å². The zero-order chi connectivity index (χ0) is 10.5. The summed E-state index contributed by atoms with van der Waals surface area (Å²) in [5, 5.41) is 0. The molecule has 0 rings (SSSR count). The van der Waals surface area contributed by atoms with Gasteiger partial charge in [-0.2, -0.15) is 0 Å². The summed E-state index contributed by atoms with van der Waals surface area (Å²) in [6.07, 6.45) is 0. The van der Waals surface area contributed by atoms with Crippen molar-refractivity contribution in [3.05, 3.63) is 0 Å². The van der Waals surface area contributed by atoms with Gasteiger partial charge in [-0.3, -0.25) is 9.59 Å². The van der Waals surface area contributed by atoms with E-state index in [1.165, 1.54) is 0 Å². The summed E-state index contributed by atoms with van der Waals surface area (Å²) >= 11 is 0. The maximum Gasteiger partial charge on any atom is 0.320 e. The summed E-state index contributed by atoms with van der Waals surface area (Å²) < 4.78 is 30.2. The van der Waals surface area contributed by atoms with Gasteiger partial charge in [0.2, 0.25) is 0 Å². The van der Waals surface area contributed by atoms with Gasteiger partial charge >= 0.3 is 11.9 Å². The Morgan fingerprint density at radius 1 is 1.00 bits per heavy atom. The number of hydrogen-bond donors (Lipinski definition) is 0. The second-order valence-corrected chi connectivity index (χ2v) is 4.25. The lowest BCUT2D eigenvalue weighted by molar-refractivity contribution is -0.137. The molecule has 6 nitrogen and oxygen atoms in total. The maximum atomic E-state index is 11.0. The zero-order valence-electron chi connectivity index (χ0n) is 7.27. The fourth-order valence-electron chi connectivity index (χ4n) is 0.528. The van der Waals surface area contributed by atoms with E-state index in [9.17, 15) is 18.0 Å². The average Bonchev–Trinajstić information content (AvgIpc) is 2.02. The van der Waals surface area contributed by atoms with Gasteiger partial charge in [-0.25, -0.2) is 8.42 Å². The van der Waals surface area contributed by atoms with Crippen LogP contribution in [0.2, 0.25) is 0 Å². The minimum Gasteiger partial charge on any atom is -0.468 e. The van der Waals surface area contributed by atoms with Crippen LogP contribution in [-0.4, -0.2) is 46.1 Å². The van der Waals surface area contributed by atoms with Gasteiger partial charge in [0.25, 0.3) is 0 Å². The molecule has 0 saturated heterocycles. The second-order valence-electron chi connectivity index (χ2n) is 2.18. The lowest BCUT2D eigenvalue weighted by Gasteiger charge is -2.00. The first-order chi connectivity index (χ1) is 5.91. The number of carbonyl (C=O) groups is 2. The van der Waals surface area contributed by atoms with Crippen LogP contribution < -0.4 is 0 Å². The molecule has 0 radical (unpaired) electrons. The first kappa shape index (κ1) is 11.9. The first-order valence-corrected chi connectivity index (χ1v) is 5.07. The molecule has 0 spiro atoms. The quantitative estimate of drug-likeness (QED) is 0.539. The van der Waals surface area contributed by atoms with Crippen LogP contribution >= 0.6 is 0 Å². The molecule has 0 aromatic heterocycles. The molecule has 0 aromatic rings. The molecule has 76 valence electrons. The molecule has 0 bridgehead atoms. The van der Waals surface area contributed by atoms with Crippen molar-refractivity contribution in [1.82, 2.24) is 0 Å². The normalized spacial score (nSPS) is 10.6. The van der Waals surface area contributed by atoms with Crippen molar-refractivity contribution < 1.29 is 27.5 Å². The Hall–Kier alpha value is -1.11. The van der Waals surface area contributed by atoms with Crippen molar-refractivity contribution in [1.29, 1.82) is 0 Å². The third kappa shape index (κ3) is 5.18. The highest BCUT2D eigenvalue weighted by Crippen LogP contribution is 1.93. The largest absolute Gasteiger partial charge is 0.468 e. The Bertz CT molecular complexity index is 266. The van der Waals surface area contributed by atoms with Gasteiger partial charge in [-0.05, 0) is 0 Å². The third-order valence-corrected chi connectivity index (χ3v) is 2.48. The van der Waals surface area contributed by atoms with Crippen LogP contribution in [0.15, 0.2) is 0 Å². The minimum absolute atomic E-state index is 0.807. The number of rotatable bonds is 4. The summed E-state index contributed by atoms with van der Waals surface area (Å²) in [5.41, 5.74) is 0. The fourth-order valence-corrected chi connectivity index (χ4v) is 1.58. The van der Waals surface area contributed by atoms with Crippen LogP contribution in [-0.2, 0) is 28.9 Å². The average molecular weight is 210 g/mol. The Kier molecular flexibility index (Phi) is 4.39. The molecule has 0 amide bonds. The van der Waals surface area contributed by atoms with E-state index in [0.29, 0.717) is 0 Å². The molecule has 0 aliphatic carbocycles. The highest BCUT2D eigenvalue weighted by Gasteiger charge is 2.21. The summed E-state index contributed by atoms with van der Waals surface area (Å²) in [6.45, 7) is 0. The lowest BCUT2D eigenvalue weighted by atomic mass is 10.8. The minimum atomic E-state index is -3.75. The molecule has 0 N–H and O–H groups in total. The van der Waals surface area contributed by atoms with Gasteiger partial charge in [0.05, 0.1) is 14.2 Å². The molecule has 0 saturated carbocycles. The van der Waals surface area contributed by atoms with Crippen molar-refractivity contribution in [2.24, 2.45) is 0 Å². The van der Waals surface area contributed by atoms with Crippen LogP contribution in [0.4, 0.5) is 0 Å². The highest BCUT2D eigenvalue weighted by molar-refractivity contribution is 7.92. The molecule has 0 unspecified atom stereocenters. The first-order valence-electron chi connectivity index (χ1n) is 3.25. The number of carbonyl (C=O) groups excluding carboxylic acids is 2. The number of hydrogen-bond acceptors (Lipinski definition) is 6. The molecular weight excluding hydrogens is 200 g/mol. The molecule has 13 heavy (non-hydrogen) atoms. The number of ether oxygens (including phenoxy) is 2. The summed E-state index contributed by atoms with van der Waals surface area (Å²) in [6, 6.07) is 0. The highest BCUT2D eigenvalue weighted by atomic mass is 32.2. The molecule has 0 atom stereocenters. The van der Waals surface area contributed by atoms with E-state index in [1.807, 2.05) is 0 Å². The smallest absolute Gasteiger partial charge is 0.320 e. The zero-order valence-corrected chi connectivity index (χ0v) is 8.09. The Balaban J connectivity index is 4.26. The van der Waals surface area contributed by atoms with E-state index in [-0.39, 0.29) is 0 Å². The van der Waals surface area contributed by atoms with Gasteiger partial charge < -0.3 is 9.47 Å². The SMILES string of the molecule is COC(=O)CS(=O)(=O)CC(=O)OC. The Labute approximate surface area is 75.7 Å². The number of esters is 2. The third-order valence-electron chi connectivity index (χ3n) is 1.13. The van der Waals surface area contributed by atoms with Gasteiger partial charge in [0.1, 0.15) is 11.5 Å². The second kappa shape index (κ2) is 4.80. The standard InChI is InChI=1S/C6H10O6S/c1-11-5(7)3-13(9,10)4-6(8)12-2/h3-4H2,1-2H3. The monoisotopic (exact) mass is 210 g/mol. The predicted molar refractivity (Wildman–Crippen MR) is 42.7 cm³/mol. The Morgan fingerprint density at radius 3 is 1.54 bits per heavy atom. The van der Waals surface area contributed by atoms with Gasteiger partial charge in [-0.15, -0.1) is 0 Å². The van der Waals surface area contributed by atoms with E-state index in [1.54, 1.807) is 0 Å². The van der Waals surface area contributed by atoms with Gasteiger partial charge in [0, 0.05) is 0 Å².